The molecule has 1 rings (SSSR count). The Bertz CT molecular complexity index is 636. The van der Waals surface area contributed by atoms with Crippen LogP contribution in [-0.4, -0.2) is 64.6 Å². The van der Waals surface area contributed by atoms with Crippen LogP contribution in [0.25, 0.3) is 0 Å². The zero-order valence-corrected chi connectivity index (χ0v) is 29.8. The summed E-state index contributed by atoms with van der Waals surface area (Å²) in [6, 6.07) is 10.8. The molecule has 0 aliphatic rings. The molecule has 0 bridgehead atoms. The highest BCUT2D eigenvalue weighted by Gasteiger charge is 2.05. The van der Waals surface area contributed by atoms with Crippen molar-refractivity contribution in [1.82, 2.24) is 5.32 Å². The number of benzene rings is 1. The quantitative estimate of drug-likeness (QED) is 0.0674. The Kier molecular flexibility index (Phi) is 38.4. The van der Waals surface area contributed by atoms with Crippen molar-refractivity contribution in [3.63, 3.8) is 0 Å². The molecule has 0 aliphatic carbocycles. The predicted octanol–water partition coefficient (Wildman–Crippen LogP) is 9.88. The second kappa shape index (κ2) is 35.8. The van der Waals surface area contributed by atoms with Gasteiger partial charge in [0.1, 0.15) is 4.91 Å². The third-order valence-electron chi connectivity index (χ3n) is 7.10. The van der Waals surface area contributed by atoms with Crippen molar-refractivity contribution in [2.24, 2.45) is 0 Å². The molecule has 0 amide bonds. The van der Waals surface area contributed by atoms with E-state index < -0.39 is 0 Å². The number of halogens is 1. The van der Waals surface area contributed by atoms with Crippen molar-refractivity contribution >= 4 is 12.4 Å². The monoisotopic (exact) mass is 618 g/mol. The Hall–Kier alpha value is -1.37. The Balaban J connectivity index is -0.000000601. The van der Waals surface area contributed by atoms with Crippen molar-refractivity contribution in [2.75, 3.05) is 55.0 Å². The molecule has 6 nitrogen and oxygen atoms in total. The molecule has 1 aromatic rings. The van der Waals surface area contributed by atoms with Gasteiger partial charge >= 0.3 is 5.09 Å². The van der Waals surface area contributed by atoms with Gasteiger partial charge in [-0.2, -0.15) is 9.68 Å². The maximum absolute atomic E-state index is 9.65. The van der Waals surface area contributed by atoms with E-state index in [0.29, 0.717) is 0 Å². The van der Waals surface area contributed by atoms with Crippen LogP contribution in [-0.2, 0) is 16.1 Å². The summed E-state index contributed by atoms with van der Waals surface area (Å²) in [6.45, 7) is 8.25. The molecule has 0 heterocycles. The summed E-state index contributed by atoms with van der Waals surface area (Å²) in [5.74, 6) is 0. The number of rotatable bonds is 25. The third kappa shape index (κ3) is 40.8. The van der Waals surface area contributed by atoms with Crippen LogP contribution in [0.2, 0.25) is 0 Å². The van der Waals surface area contributed by atoms with E-state index in [1.54, 1.807) is 0 Å². The van der Waals surface area contributed by atoms with Gasteiger partial charge in [-0.1, -0.05) is 134 Å². The van der Waals surface area contributed by atoms with Crippen LogP contribution in [0.1, 0.15) is 135 Å². The van der Waals surface area contributed by atoms with E-state index in [-0.39, 0.29) is 17.5 Å². The lowest BCUT2D eigenvalue weighted by Crippen LogP contribution is -2.35. The predicted molar refractivity (Wildman–Crippen MR) is 185 cm³/mol. The van der Waals surface area contributed by atoms with Crippen LogP contribution in [0.3, 0.4) is 0 Å². The summed E-state index contributed by atoms with van der Waals surface area (Å²) >= 11 is 0. The largest absolute Gasteiger partial charge is 0.476 e. The van der Waals surface area contributed by atoms with Crippen LogP contribution in [0.15, 0.2) is 30.3 Å². The van der Waals surface area contributed by atoms with Gasteiger partial charge in [0.2, 0.25) is 0 Å². The van der Waals surface area contributed by atoms with E-state index >= 15 is 0 Å². The van der Waals surface area contributed by atoms with E-state index in [9.17, 15) is 4.91 Å². The molecule has 0 aliphatic heterocycles. The molecular formula is C35H72ClN3O3+2. The molecule has 0 fully saturated rings. The van der Waals surface area contributed by atoms with Crippen molar-refractivity contribution in [3.8, 4) is 0 Å². The standard InChI is InChI=1S/C18H31N.C15H34N.C2H6NO3.ClH/c1-2-3-4-5-6-7-11-16-19-17-12-15-18-13-9-8-10-14-18;1-5-6-7-8-9-10-11-12-13-14-15-16(2,3)4;1-5-3(4)6-2;/h8-10,13-14,19H,2-7,11-12,15-17H2,1H3;5-15H2,1-4H3;1-2H3;1H/q;2*+1;. The van der Waals surface area contributed by atoms with Crippen LogP contribution in [0.4, 0.5) is 0 Å². The Morgan fingerprint density at radius 3 is 1.43 bits per heavy atom. The number of unbranched alkanes of at least 4 members (excludes halogenated alkanes) is 15. The lowest BCUT2D eigenvalue weighted by molar-refractivity contribution is -0.972. The van der Waals surface area contributed by atoms with Gasteiger partial charge in [-0.3, -0.25) is 0 Å². The first-order valence-corrected chi connectivity index (χ1v) is 16.9. The van der Waals surface area contributed by atoms with Gasteiger partial charge in [0.05, 0.1) is 27.7 Å². The van der Waals surface area contributed by atoms with Crippen molar-refractivity contribution in [3.05, 3.63) is 40.8 Å². The average Bonchev–Trinajstić information content (AvgIpc) is 2.97. The fraction of sp³-hybridized carbons (Fsp3) is 0.829. The fourth-order valence-electron chi connectivity index (χ4n) is 4.54. The molecule has 0 saturated heterocycles. The number of hydrogen-bond donors (Lipinski definition) is 1. The molecular weight excluding hydrogens is 546 g/mol. The minimum absolute atomic E-state index is 0. The average molecular weight is 618 g/mol. The summed E-state index contributed by atoms with van der Waals surface area (Å²) < 4.78 is 1.12. The lowest BCUT2D eigenvalue weighted by atomic mass is 10.1. The molecule has 250 valence electrons. The maximum Gasteiger partial charge on any atom is 0.476 e. The summed E-state index contributed by atoms with van der Waals surface area (Å²) in [7, 11) is 9.29. The van der Waals surface area contributed by atoms with Gasteiger partial charge in [0.15, 0.2) is 14.2 Å². The summed E-state index contributed by atoms with van der Waals surface area (Å²) in [4.78, 5) is 17.6. The van der Waals surface area contributed by atoms with Gasteiger partial charge in [-0.05, 0) is 50.8 Å². The van der Waals surface area contributed by atoms with Gasteiger partial charge in [0.25, 0.3) is 0 Å². The summed E-state index contributed by atoms with van der Waals surface area (Å²) in [5.41, 5.74) is 1.46. The molecule has 0 radical (unpaired) electrons. The van der Waals surface area contributed by atoms with Gasteiger partial charge in [0, 0.05) is 0 Å². The molecule has 7 heteroatoms. The first-order chi connectivity index (χ1) is 19.8. The topological polar surface area (TPSA) is 50.6 Å². The van der Waals surface area contributed by atoms with E-state index in [2.05, 4.69) is 80.3 Å². The fourth-order valence-corrected chi connectivity index (χ4v) is 4.54. The lowest BCUT2D eigenvalue weighted by Gasteiger charge is -2.23. The van der Waals surface area contributed by atoms with Crippen molar-refractivity contribution in [1.29, 1.82) is 0 Å². The van der Waals surface area contributed by atoms with Crippen LogP contribution in [0, 0.1) is 4.91 Å². The minimum atomic E-state index is 0. The molecule has 0 saturated carbocycles. The van der Waals surface area contributed by atoms with Crippen LogP contribution in [0.5, 0.6) is 0 Å². The summed E-state index contributed by atoms with van der Waals surface area (Å²) in [5, 5.41) is 3.56. The van der Waals surface area contributed by atoms with Gasteiger partial charge in [-0.25, -0.2) is 0 Å². The molecule has 1 N–H and O–H groups in total. The summed E-state index contributed by atoms with van der Waals surface area (Å²) in [6.07, 6.45) is 26.6. The molecule has 0 aromatic heterocycles. The normalized spacial score (nSPS) is 10.5. The van der Waals surface area contributed by atoms with E-state index in [0.717, 1.165) is 11.0 Å². The highest BCUT2D eigenvalue weighted by molar-refractivity contribution is 5.85. The van der Waals surface area contributed by atoms with Crippen LogP contribution >= 0.6 is 12.4 Å². The smallest absolute Gasteiger partial charge is 0.331 e. The number of nitrogens with zero attached hydrogens (tertiary/aromatic N) is 2. The second-order valence-corrected chi connectivity index (χ2v) is 12.2. The second-order valence-electron chi connectivity index (χ2n) is 12.2. The number of quaternary nitrogens is 1. The van der Waals surface area contributed by atoms with E-state index in [4.69, 9.17) is 0 Å². The molecule has 42 heavy (non-hydrogen) atoms. The zero-order chi connectivity index (χ0) is 30.9. The highest BCUT2D eigenvalue weighted by Crippen LogP contribution is 2.11. The Morgan fingerprint density at radius 2 is 1.02 bits per heavy atom. The maximum atomic E-state index is 9.65. The SMILES string of the molecule is CCCCCCCCCCCC[N+](C)(C)C.CCCCCCCCCNCCCc1ccccc1.CO[N+](=O)OC.Cl. The zero-order valence-electron chi connectivity index (χ0n) is 29.0. The molecule has 0 spiro atoms. The van der Waals surface area contributed by atoms with Crippen LogP contribution < -0.4 is 5.32 Å². The Morgan fingerprint density at radius 1 is 0.619 bits per heavy atom. The number of nitrogens with one attached hydrogen (secondary N) is 1. The number of aryl methyl sites for hydroxylation is 1. The molecule has 0 atom stereocenters. The Labute approximate surface area is 268 Å². The third-order valence-corrected chi connectivity index (χ3v) is 7.10. The van der Waals surface area contributed by atoms with E-state index in [1.165, 1.54) is 155 Å². The first kappa shape index (κ1) is 45.1. The van der Waals surface area contributed by atoms with Crippen molar-refractivity contribution < 1.29 is 19.2 Å². The molecule has 0 unspecified atom stereocenters. The van der Waals surface area contributed by atoms with Gasteiger partial charge < -0.3 is 9.80 Å². The van der Waals surface area contributed by atoms with Gasteiger partial charge in [-0.15, -0.1) is 12.4 Å². The number of hydrogen-bond acceptors (Lipinski definition) is 4. The van der Waals surface area contributed by atoms with Crippen molar-refractivity contribution in [2.45, 2.75) is 136 Å². The first-order valence-electron chi connectivity index (χ1n) is 16.9. The molecule has 1 aromatic carbocycles. The van der Waals surface area contributed by atoms with E-state index in [1.807, 2.05) is 0 Å². The highest BCUT2D eigenvalue weighted by atomic mass is 35.5. The minimum Gasteiger partial charge on any atom is -0.331 e.